The molecule has 96 valence electrons. The molecule has 18 heavy (non-hydrogen) atoms. The number of rotatable bonds is 6. The van der Waals surface area contributed by atoms with Gasteiger partial charge in [-0.15, -0.1) is 0 Å². The SMILES string of the molecule is CC(O)c1cccc(OCCCn2ccnc2)c1. The summed E-state index contributed by atoms with van der Waals surface area (Å²) in [6, 6.07) is 7.57. The van der Waals surface area contributed by atoms with Gasteiger partial charge in [-0.25, -0.2) is 4.98 Å². The Kier molecular flexibility index (Phi) is 4.36. The van der Waals surface area contributed by atoms with E-state index in [9.17, 15) is 5.11 Å². The van der Waals surface area contributed by atoms with Gasteiger partial charge in [0.1, 0.15) is 5.75 Å². The van der Waals surface area contributed by atoms with Crippen molar-refractivity contribution in [3.05, 3.63) is 48.5 Å². The van der Waals surface area contributed by atoms with Gasteiger partial charge in [0.05, 0.1) is 19.0 Å². The van der Waals surface area contributed by atoms with Crippen molar-refractivity contribution < 1.29 is 9.84 Å². The Hall–Kier alpha value is -1.81. The van der Waals surface area contributed by atoms with E-state index in [-0.39, 0.29) is 0 Å². The van der Waals surface area contributed by atoms with Gasteiger partial charge in [-0.3, -0.25) is 0 Å². The highest BCUT2D eigenvalue weighted by Gasteiger charge is 2.02. The smallest absolute Gasteiger partial charge is 0.119 e. The minimum Gasteiger partial charge on any atom is -0.494 e. The molecule has 4 heteroatoms. The minimum atomic E-state index is -0.459. The van der Waals surface area contributed by atoms with Crippen LogP contribution in [-0.4, -0.2) is 21.3 Å². The van der Waals surface area contributed by atoms with Crippen LogP contribution in [0.25, 0.3) is 0 Å². The molecule has 1 atom stereocenters. The van der Waals surface area contributed by atoms with Crippen LogP contribution in [0.3, 0.4) is 0 Å². The molecule has 0 aliphatic carbocycles. The normalized spacial score (nSPS) is 12.3. The molecule has 0 fully saturated rings. The number of ether oxygens (including phenoxy) is 1. The van der Waals surface area contributed by atoms with Crippen LogP contribution in [-0.2, 0) is 6.54 Å². The molecule has 0 aliphatic rings. The number of nitrogens with zero attached hydrogens (tertiary/aromatic N) is 2. The van der Waals surface area contributed by atoms with Gasteiger partial charge < -0.3 is 14.4 Å². The van der Waals surface area contributed by atoms with Gasteiger partial charge in [0, 0.05) is 18.9 Å². The summed E-state index contributed by atoms with van der Waals surface area (Å²) in [5.41, 5.74) is 0.877. The monoisotopic (exact) mass is 246 g/mol. The molecular formula is C14H18N2O2. The summed E-state index contributed by atoms with van der Waals surface area (Å²) in [6.07, 6.45) is 5.98. The lowest BCUT2D eigenvalue weighted by atomic mass is 10.1. The summed E-state index contributed by atoms with van der Waals surface area (Å²) in [7, 11) is 0. The standard InChI is InChI=1S/C14H18N2O2/c1-12(17)13-4-2-5-14(10-13)18-9-3-7-16-8-6-15-11-16/h2,4-6,8,10-12,17H,3,7,9H2,1H3. The number of aryl methyl sites for hydroxylation is 1. The zero-order valence-electron chi connectivity index (χ0n) is 10.5. The van der Waals surface area contributed by atoms with Gasteiger partial charge in [-0.2, -0.15) is 0 Å². The van der Waals surface area contributed by atoms with Gasteiger partial charge in [0.15, 0.2) is 0 Å². The maximum Gasteiger partial charge on any atom is 0.119 e. The highest BCUT2D eigenvalue weighted by Crippen LogP contribution is 2.18. The van der Waals surface area contributed by atoms with Crippen LogP contribution in [0.4, 0.5) is 0 Å². The molecule has 2 rings (SSSR count). The first-order valence-corrected chi connectivity index (χ1v) is 6.12. The molecule has 1 heterocycles. The van der Waals surface area contributed by atoms with Crippen molar-refractivity contribution in [1.82, 2.24) is 9.55 Å². The fraction of sp³-hybridized carbons (Fsp3) is 0.357. The molecule has 0 aliphatic heterocycles. The molecule has 1 aromatic heterocycles. The zero-order valence-corrected chi connectivity index (χ0v) is 10.5. The summed E-state index contributed by atoms with van der Waals surface area (Å²) >= 11 is 0. The van der Waals surface area contributed by atoms with E-state index in [1.165, 1.54) is 0 Å². The van der Waals surface area contributed by atoms with Crippen molar-refractivity contribution in [2.45, 2.75) is 26.0 Å². The van der Waals surface area contributed by atoms with Crippen LogP contribution >= 0.6 is 0 Å². The second-order valence-corrected chi connectivity index (χ2v) is 4.25. The summed E-state index contributed by atoms with van der Waals surface area (Å²) < 4.78 is 7.67. The largest absolute Gasteiger partial charge is 0.494 e. The molecule has 0 saturated carbocycles. The first-order chi connectivity index (χ1) is 8.75. The topological polar surface area (TPSA) is 47.3 Å². The van der Waals surface area contributed by atoms with Gasteiger partial charge in [-0.1, -0.05) is 12.1 Å². The third-order valence-corrected chi connectivity index (χ3v) is 2.73. The van der Waals surface area contributed by atoms with Crippen molar-refractivity contribution in [2.24, 2.45) is 0 Å². The quantitative estimate of drug-likeness (QED) is 0.796. The molecule has 0 amide bonds. The number of aliphatic hydroxyl groups is 1. The van der Waals surface area contributed by atoms with Gasteiger partial charge in [0.25, 0.3) is 0 Å². The molecule has 1 N–H and O–H groups in total. The van der Waals surface area contributed by atoms with Gasteiger partial charge in [0.2, 0.25) is 0 Å². The molecule has 2 aromatic rings. The summed E-state index contributed by atoms with van der Waals surface area (Å²) in [5.74, 6) is 0.805. The molecule has 0 radical (unpaired) electrons. The predicted molar refractivity (Wildman–Crippen MR) is 69.4 cm³/mol. The second kappa shape index (κ2) is 6.21. The van der Waals surface area contributed by atoms with E-state index in [0.29, 0.717) is 6.61 Å². The Bertz CT molecular complexity index is 466. The van der Waals surface area contributed by atoms with E-state index in [1.807, 2.05) is 35.0 Å². The zero-order chi connectivity index (χ0) is 12.8. The second-order valence-electron chi connectivity index (χ2n) is 4.25. The molecule has 1 unspecified atom stereocenters. The lowest BCUT2D eigenvalue weighted by Gasteiger charge is -2.09. The number of hydrogen-bond donors (Lipinski definition) is 1. The van der Waals surface area contributed by atoms with Crippen molar-refractivity contribution in [3.8, 4) is 5.75 Å². The van der Waals surface area contributed by atoms with Gasteiger partial charge >= 0.3 is 0 Å². The fourth-order valence-corrected chi connectivity index (χ4v) is 1.72. The van der Waals surface area contributed by atoms with Crippen molar-refractivity contribution in [2.75, 3.05) is 6.61 Å². The Balaban J connectivity index is 1.78. The number of imidazole rings is 1. The molecule has 0 saturated heterocycles. The number of benzene rings is 1. The van der Waals surface area contributed by atoms with E-state index in [1.54, 1.807) is 19.4 Å². The Morgan fingerprint density at radius 2 is 2.33 bits per heavy atom. The summed E-state index contributed by atoms with van der Waals surface area (Å²) in [6.45, 7) is 3.30. The van der Waals surface area contributed by atoms with E-state index >= 15 is 0 Å². The fourth-order valence-electron chi connectivity index (χ4n) is 1.72. The van der Waals surface area contributed by atoms with E-state index in [4.69, 9.17) is 4.74 Å². The van der Waals surface area contributed by atoms with E-state index in [0.717, 1.165) is 24.3 Å². The lowest BCUT2D eigenvalue weighted by molar-refractivity contribution is 0.198. The van der Waals surface area contributed by atoms with Crippen molar-refractivity contribution in [1.29, 1.82) is 0 Å². The van der Waals surface area contributed by atoms with Crippen LogP contribution < -0.4 is 4.74 Å². The average Bonchev–Trinajstić information content (AvgIpc) is 2.88. The van der Waals surface area contributed by atoms with E-state index < -0.39 is 6.10 Å². The molecule has 0 spiro atoms. The first-order valence-electron chi connectivity index (χ1n) is 6.12. The highest BCUT2D eigenvalue weighted by atomic mass is 16.5. The van der Waals surface area contributed by atoms with Crippen LogP contribution in [0.15, 0.2) is 43.0 Å². The Morgan fingerprint density at radius 1 is 1.44 bits per heavy atom. The van der Waals surface area contributed by atoms with Crippen molar-refractivity contribution in [3.63, 3.8) is 0 Å². The summed E-state index contributed by atoms with van der Waals surface area (Å²) in [4.78, 5) is 3.98. The van der Waals surface area contributed by atoms with Gasteiger partial charge in [-0.05, 0) is 31.0 Å². The van der Waals surface area contributed by atoms with Crippen LogP contribution in [0.1, 0.15) is 25.0 Å². The Morgan fingerprint density at radius 3 is 3.06 bits per heavy atom. The predicted octanol–water partition coefficient (Wildman–Crippen LogP) is 2.41. The minimum absolute atomic E-state index is 0.459. The molecule has 1 aromatic carbocycles. The molecule has 4 nitrogen and oxygen atoms in total. The maximum atomic E-state index is 9.48. The molecule has 0 bridgehead atoms. The number of hydrogen-bond acceptors (Lipinski definition) is 3. The van der Waals surface area contributed by atoms with Crippen LogP contribution in [0, 0.1) is 0 Å². The van der Waals surface area contributed by atoms with Crippen LogP contribution in [0.2, 0.25) is 0 Å². The molecular weight excluding hydrogens is 228 g/mol. The average molecular weight is 246 g/mol. The summed E-state index contributed by atoms with van der Waals surface area (Å²) in [5, 5.41) is 9.48. The number of aliphatic hydroxyl groups excluding tert-OH is 1. The number of aromatic nitrogens is 2. The van der Waals surface area contributed by atoms with E-state index in [2.05, 4.69) is 4.98 Å². The highest BCUT2D eigenvalue weighted by molar-refractivity contribution is 5.29. The lowest BCUT2D eigenvalue weighted by Crippen LogP contribution is -2.03. The Labute approximate surface area is 107 Å². The third-order valence-electron chi connectivity index (χ3n) is 2.73. The maximum absolute atomic E-state index is 9.48. The van der Waals surface area contributed by atoms with Crippen molar-refractivity contribution >= 4 is 0 Å². The third kappa shape index (κ3) is 3.60. The first kappa shape index (κ1) is 12.6. The van der Waals surface area contributed by atoms with Crippen LogP contribution in [0.5, 0.6) is 5.75 Å².